The first-order valence-electron chi connectivity index (χ1n) is 6.57. The van der Waals surface area contributed by atoms with Gasteiger partial charge < -0.3 is 4.74 Å². The highest BCUT2D eigenvalue weighted by atomic mass is 32.2. The number of esters is 1. The van der Waals surface area contributed by atoms with Gasteiger partial charge in [-0.15, -0.1) is 11.8 Å². The molecule has 0 saturated carbocycles. The largest absolute Gasteiger partial charge is 0.465 e. The number of hydrogen-bond acceptors (Lipinski definition) is 5. The summed E-state index contributed by atoms with van der Waals surface area (Å²) >= 11 is 1.35. The maximum absolute atomic E-state index is 11.7. The molecule has 2 rings (SSSR count). The predicted molar refractivity (Wildman–Crippen MR) is 85.2 cm³/mol. The molecular formula is C16H15NO4S. The van der Waals surface area contributed by atoms with E-state index in [0.29, 0.717) is 10.6 Å². The number of hydrogen-bond donors (Lipinski definition) is 0. The molecule has 0 spiro atoms. The molecule has 0 bridgehead atoms. The van der Waals surface area contributed by atoms with Crippen LogP contribution in [-0.4, -0.2) is 18.0 Å². The first-order chi connectivity index (χ1) is 10.5. The van der Waals surface area contributed by atoms with Gasteiger partial charge in [0.2, 0.25) is 0 Å². The Morgan fingerprint density at radius 1 is 1.23 bits per heavy atom. The number of rotatable bonds is 5. The third-order valence-corrected chi connectivity index (χ3v) is 4.42. The molecule has 0 N–H and O–H groups in total. The van der Waals surface area contributed by atoms with Crippen LogP contribution in [0.4, 0.5) is 5.69 Å². The lowest BCUT2D eigenvalue weighted by atomic mass is 10.1. The van der Waals surface area contributed by atoms with Crippen molar-refractivity contribution >= 4 is 23.4 Å². The Kier molecular flexibility index (Phi) is 5.16. The Morgan fingerprint density at radius 3 is 2.50 bits per heavy atom. The van der Waals surface area contributed by atoms with Crippen molar-refractivity contribution in [2.75, 3.05) is 7.11 Å². The van der Waals surface area contributed by atoms with Gasteiger partial charge in [-0.05, 0) is 24.1 Å². The highest BCUT2D eigenvalue weighted by Crippen LogP contribution is 2.37. The van der Waals surface area contributed by atoms with Crippen LogP contribution in [0.15, 0.2) is 47.4 Å². The summed E-state index contributed by atoms with van der Waals surface area (Å²) in [5, 5.41) is 11.4. The minimum Gasteiger partial charge on any atom is -0.465 e. The summed E-state index contributed by atoms with van der Waals surface area (Å²) in [7, 11) is 1.21. The normalized spacial score (nSPS) is 10.3. The fourth-order valence-electron chi connectivity index (χ4n) is 2.04. The fraction of sp³-hybridized carbons (Fsp3) is 0.188. The van der Waals surface area contributed by atoms with Crippen LogP contribution in [0.5, 0.6) is 0 Å². The van der Waals surface area contributed by atoms with Crippen LogP contribution in [-0.2, 0) is 10.5 Å². The van der Waals surface area contributed by atoms with Gasteiger partial charge in [0.1, 0.15) is 5.56 Å². The van der Waals surface area contributed by atoms with Gasteiger partial charge in [0, 0.05) is 5.75 Å². The molecule has 5 nitrogen and oxygen atoms in total. The summed E-state index contributed by atoms with van der Waals surface area (Å²) < 4.78 is 4.63. The standard InChI is InChI=1S/C16H15NO4S/c1-11-8-9-13(16(18)21-2)14(17(19)20)15(11)22-10-12-6-4-3-5-7-12/h3-9H,10H2,1-2H3. The first kappa shape index (κ1) is 16.0. The van der Waals surface area contributed by atoms with E-state index in [-0.39, 0.29) is 11.3 Å². The van der Waals surface area contributed by atoms with Gasteiger partial charge in [-0.25, -0.2) is 4.79 Å². The van der Waals surface area contributed by atoms with Crippen molar-refractivity contribution in [3.05, 3.63) is 69.3 Å². The van der Waals surface area contributed by atoms with Crippen molar-refractivity contribution < 1.29 is 14.5 Å². The average molecular weight is 317 g/mol. The SMILES string of the molecule is COC(=O)c1ccc(C)c(SCc2ccccc2)c1[N+](=O)[O-]. The van der Waals surface area contributed by atoms with Crippen LogP contribution >= 0.6 is 11.8 Å². The molecule has 0 aromatic heterocycles. The zero-order chi connectivity index (χ0) is 16.1. The number of carbonyl (C=O) groups is 1. The maximum Gasteiger partial charge on any atom is 0.344 e. The Labute approximate surface area is 132 Å². The second kappa shape index (κ2) is 7.09. The van der Waals surface area contributed by atoms with Crippen LogP contribution < -0.4 is 0 Å². The molecule has 0 atom stereocenters. The zero-order valence-electron chi connectivity index (χ0n) is 12.2. The van der Waals surface area contributed by atoms with Crippen molar-refractivity contribution in [3.8, 4) is 0 Å². The summed E-state index contributed by atoms with van der Waals surface area (Å²) in [6, 6.07) is 12.8. The van der Waals surface area contributed by atoms with Crippen LogP contribution in [0, 0.1) is 17.0 Å². The topological polar surface area (TPSA) is 69.4 Å². The van der Waals surface area contributed by atoms with Crippen molar-refractivity contribution in [1.29, 1.82) is 0 Å². The van der Waals surface area contributed by atoms with E-state index in [1.807, 2.05) is 30.3 Å². The molecule has 0 amide bonds. The number of nitro benzene ring substituents is 1. The molecule has 0 aliphatic heterocycles. The van der Waals surface area contributed by atoms with Gasteiger partial charge in [-0.2, -0.15) is 0 Å². The molecule has 0 fully saturated rings. The summed E-state index contributed by atoms with van der Waals surface area (Å²) in [6.45, 7) is 1.79. The average Bonchev–Trinajstić information content (AvgIpc) is 2.53. The minimum absolute atomic E-state index is 0.0198. The lowest BCUT2D eigenvalue weighted by Crippen LogP contribution is -2.07. The summed E-state index contributed by atoms with van der Waals surface area (Å²) in [5.74, 6) is -0.110. The highest BCUT2D eigenvalue weighted by Gasteiger charge is 2.27. The third kappa shape index (κ3) is 3.46. The number of methoxy groups -OCH3 is 1. The van der Waals surface area contributed by atoms with Crippen molar-refractivity contribution in [3.63, 3.8) is 0 Å². The second-order valence-corrected chi connectivity index (χ2v) is 5.62. The van der Waals surface area contributed by atoms with Gasteiger partial charge in [-0.3, -0.25) is 10.1 Å². The first-order valence-corrected chi connectivity index (χ1v) is 7.56. The Balaban J connectivity index is 2.40. The smallest absolute Gasteiger partial charge is 0.344 e. The van der Waals surface area contributed by atoms with Gasteiger partial charge in [0.15, 0.2) is 0 Å². The van der Waals surface area contributed by atoms with Crippen LogP contribution in [0.25, 0.3) is 0 Å². The lowest BCUT2D eigenvalue weighted by molar-refractivity contribution is -0.388. The van der Waals surface area contributed by atoms with Crippen molar-refractivity contribution in [2.24, 2.45) is 0 Å². The molecule has 0 saturated heterocycles. The van der Waals surface area contributed by atoms with Crippen LogP contribution in [0.2, 0.25) is 0 Å². The molecule has 2 aromatic rings. The summed E-state index contributed by atoms with van der Waals surface area (Å²) in [4.78, 5) is 23.1. The zero-order valence-corrected chi connectivity index (χ0v) is 13.1. The minimum atomic E-state index is -0.701. The van der Waals surface area contributed by atoms with Gasteiger partial charge in [0.05, 0.1) is 16.9 Å². The third-order valence-electron chi connectivity index (χ3n) is 3.14. The summed E-state index contributed by atoms with van der Waals surface area (Å²) in [5.41, 5.74) is 1.62. The lowest BCUT2D eigenvalue weighted by Gasteiger charge is -2.09. The van der Waals surface area contributed by atoms with Gasteiger partial charge in [0.25, 0.3) is 5.69 Å². The van der Waals surface area contributed by atoms with E-state index in [4.69, 9.17) is 0 Å². The van der Waals surface area contributed by atoms with E-state index in [1.54, 1.807) is 13.0 Å². The van der Waals surface area contributed by atoms with E-state index >= 15 is 0 Å². The molecule has 0 unspecified atom stereocenters. The van der Waals surface area contributed by atoms with E-state index in [9.17, 15) is 14.9 Å². The molecule has 0 radical (unpaired) electrons. The molecule has 0 aliphatic rings. The number of ether oxygens (including phenoxy) is 1. The quantitative estimate of drug-likeness (QED) is 0.361. The van der Waals surface area contributed by atoms with Gasteiger partial charge in [-0.1, -0.05) is 36.4 Å². The van der Waals surface area contributed by atoms with E-state index < -0.39 is 10.9 Å². The Morgan fingerprint density at radius 2 is 1.91 bits per heavy atom. The highest BCUT2D eigenvalue weighted by molar-refractivity contribution is 7.98. The Bertz CT molecular complexity index is 701. The van der Waals surface area contributed by atoms with Crippen molar-refractivity contribution in [1.82, 2.24) is 0 Å². The molecule has 0 aliphatic carbocycles. The molecule has 114 valence electrons. The second-order valence-electron chi connectivity index (χ2n) is 4.63. The molecular weight excluding hydrogens is 302 g/mol. The van der Waals surface area contributed by atoms with Gasteiger partial charge >= 0.3 is 5.97 Å². The van der Waals surface area contributed by atoms with Crippen molar-refractivity contribution in [2.45, 2.75) is 17.6 Å². The number of carbonyl (C=O) groups excluding carboxylic acids is 1. The number of nitrogens with zero attached hydrogens (tertiary/aromatic N) is 1. The van der Waals surface area contributed by atoms with Crippen LogP contribution in [0.3, 0.4) is 0 Å². The Hall–Kier alpha value is -2.34. The van der Waals surface area contributed by atoms with E-state index in [2.05, 4.69) is 4.74 Å². The number of thioether (sulfide) groups is 1. The van der Waals surface area contributed by atoms with Crippen LogP contribution in [0.1, 0.15) is 21.5 Å². The number of nitro groups is 1. The molecule has 22 heavy (non-hydrogen) atoms. The number of benzene rings is 2. The molecule has 0 heterocycles. The predicted octanol–water partition coefficient (Wildman–Crippen LogP) is 3.98. The monoisotopic (exact) mass is 317 g/mol. The maximum atomic E-state index is 11.7. The fourth-order valence-corrected chi connectivity index (χ4v) is 3.16. The van der Waals surface area contributed by atoms with E-state index in [1.165, 1.54) is 24.9 Å². The summed E-state index contributed by atoms with van der Waals surface area (Å²) in [6.07, 6.45) is 0. The number of aryl methyl sites for hydroxylation is 1. The molecule has 6 heteroatoms. The van der Waals surface area contributed by atoms with E-state index in [0.717, 1.165) is 11.1 Å². The molecule has 2 aromatic carbocycles.